The Morgan fingerprint density at radius 2 is 2.50 bits per heavy atom. The molecular formula is C9H17NO4. The molecule has 0 aliphatic carbocycles. The highest BCUT2D eigenvalue weighted by Gasteiger charge is 2.33. The first-order valence-corrected chi connectivity index (χ1v) is 4.88. The van der Waals surface area contributed by atoms with Crippen LogP contribution in [0.15, 0.2) is 0 Å². The molecule has 0 bridgehead atoms. The van der Waals surface area contributed by atoms with Crippen LogP contribution in [-0.2, 0) is 14.3 Å². The molecule has 1 fully saturated rings. The van der Waals surface area contributed by atoms with Crippen molar-refractivity contribution in [3.8, 4) is 0 Å². The van der Waals surface area contributed by atoms with Crippen LogP contribution in [-0.4, -0.2) is 42.5 Å². The van der Waals surface area contributed by atoms with Gasteiger partial charge in [0.15, 0.2) is 0 Å². The summed E-state index contributed by atoms with van der Waals surface area (Å²) in [5.41, 5.74) is 5.52. The summed E-state index contributed by atoms with van der Waals surface area (Å²) >= 11 is 0. The van der Waals surface area contributed by atoms with Gasteiger partial charge in [0, 0.05) is 6.61 Å². The van der Waals surface area contributed by atoms with Crippen LogP contribution in [0.4, 0.5) is 0 Å². The van der Waals surface area contributed by atoms with Gasteiger partial charge in [-0.15, -0.1) is 0 Å². The Labute approximate surface area is 83.2 Å². The average Bonchev–Trinajstić information content (AvgIpc) is 2.68. The molecule has 3 N–H and O–H groups in total. The van der Waals surface area contributed by atoms with Crippen LogP contribution in [0.25, 0.3) is 0 Å². The van der Waals surface area contributed by atoms with E-state index in [4.69, 9.17) is 15.2 Å². The van der Waals surface area contributed by atoms with Gasteiger partial charge in [-0.05, 0) is 19.8 Å². The minimum absolute atomic E-state index is 0.269. The van der Waals surface area contributed by atoms with Crippen molar-refractivity contribution >= 4 is 5.97 Å². The molecule has 1 aliphatic heterocycles. The molecule has 0 saturated carbocycles. The average molecular weight is 203 g/mol. The van der Waals surface area contributed by atoms with E-state index in [0.717, 1.165) is 12.8 Å². The molecule has 1 heterocycles. The van der Waals surface area contributed by atoms with Crippen molar-refractivity contribution in [2.24, 2.45) is 5.73 Å². The van der Waals surface area contributed by atoms with Crippen molar-refractivity contribution < 1.29 is 19.4 Å². The summed E-state index contributed by atoms with van der Waals surface area (Å²) in [5, 5.41) is 9.66. The summed E-state index contributed by atoms with van der Waals surface area (Å²) in [5.74, 6) is -0.574. The number of carbonyl (C=O) groups is 1. The largest absolute Gasteiger partial charge is 0.465 e. The maximum absolute atomic E-state index is 11.2. The van der Waals surface area contributed by atoms with Crippen LogP contribution in [0.5, 0.6) is 0 Å². The van der Waals surface area contributed by atoms with Gasteiger partial charge in [-0.1, -0.05) is 0 Å². The number of aliphatic hydroxyl groups is 1. The SMILES string of the molecule is CCOC(=O)C(N)C(O)C1CCCO1. The van der Waals surface area contributed by atoms with Crippen LogP contribution in [0.1, 0.15) is 19.8 Å². The number of esters is 1. The zero-order valence-corrected chi connectivity index (χ0v) is 8.31. The predicted molar refractivity (Wildman–Crippen MR) is 49.6 cm³/mol. The number of hydrogen-bond acceptors (Lipinski definition) is 5. The lowest BCUT2D eigenvalue weighted by atomic mass is 10.0. The molecule has 0 aromatic rings. The second-order valence-electron chi connectivity index (χ2n) is 3.32. The maximum Gasteiger partial charge on any atom is 0.325 e. The molecule has 0 aromatic heterocycles. The van der Waals surface area contributed by atoms with Crippen molar-refractivity contribution in [1.82, 2.24) is 0 Å². The summed E-state index contributed by atoms with van der Waals surface area (Å²) in [6.07, 6.45) is 0.358. The summed E-state index contributed by atoms with van der Waals surface area (Å²) in [7, 11) is 0. The Balaban J connectivity index is 2.41. The number of rotatable bonds is 4. The van der Waals surface area contributed by atoms with E-state index in [2.05, 4.69) is 0 Å². The third-order valence-corrected chi connectivity index (χ3v) is 2.27. The zero-order chi connectivity index (χ0) is 10.6. The van der Waals surface area contributed by atoms with Gasteiger partial charge in [0.25, 0.3) is 0 Å². The molecule has 0 amide bonds. The minimum Gasteiger partial charge on any atom is -0.465 e. The van der Waals surface area contributed by atoms with Gasteiger partial charge >= 0.3 is 5.97 Å². The standard InChI is InChI=1S/C9H17NO4/c1-2-13-9(12)7(10)8(11)6-4-3-5-14-6/h6-8,11H,2-5,10H2,1H3. The molecular weight excluding hydrogens is 186 g/mol. The quantitative estimate of drug-likeness (QED) is 0.597. The van der Waals surface area contributed by atoms with E-state index in [9.17, 15) is 9.90 Å². The summed E-state index contributed by atoms with van der Waals surface area (Å²) in [6, 6.07) is -1.00. The molecule has 3 atom stereocenters. The Morgan fingerprint density at radius 1 is 1.79 bits per heavy atom. The third kappa shape index (κ3) is 2.67. The van der Waals surface area contributed by atoms with Crippen molar-refractivity contribution in [3.05, 3.63) is 0 Å². The van der Waals surface area contributed by atoms with Gasteiger partial charge in [0.2, 0.25) is 0 Å². The predicted octanol–water partition coefficient (Wildman–Crippen LogP) is -0.583. The Morgan fingerprint density at radius 3 is 3.00 bits per heavy atom. The lowest BCUT2D eigenvalue weighted by molar-refractivity contribution is -0.149. The Bertz CT molecular complexity index is 191. The van der Waals surface area contributed by atoms with Crippen molar-refractivity contribution in [1.29, 1.82) is 0 Å². The van der Waals surface area contributed by atoms with Gasteiger partial charge in [-0.3, -0.25) is 4.79 Å². The number of hydrogen-bond donors (Lipinski definition) is 2. The number of aliphatic hydroxyl groups excluding tert-OH is 1. The summed E-state index contributed by atoms with van der Waals surface area (Å²) in [6.45, 7) is 2.59. The molecule has 3 unspecified atom stereocenters. The lowest BCUT2D eigenvalue weighted by Crippen LogP contribution is -2.48. The van der Waals surface area contributed by atoms with Crippen molar-refractivity contribution in [3.63, 3.8) is 0 Å². The summed E-state index contributed by atoms with van der Waals surface area (Å²) in [4.78, 5) is 11.2. The van der Waals surface area contributed by atoms with Crippen molar-refractivity contribution in [2.45, 2.75) is 38.0 Å². The van der Waals surface area contributed by atoms with Gasteiger partial charge in [-0.2, -0.15) is 0 Å². The van der Waals surface area contributed by atoms with Gasteiger partial charge in [0.05, 0.1) is 12.7 Å². The molecule has 5 heteroatoms. The molecule has 0 aromatic carbocycles. The minimum atomic E-state index is -1.00. The highest BCUT2D eigenvalue weighted by molar-refractivity contribution is 5.76. The second-order valence-corrected chi connectivity index (χ2v) is 3.32. The fourth-order valence-electron chi connectivity index (χ4n) is 1.48. The van der Waals surface area contributed by atoms with E-state index in [1.807, 2.05) is 0 Å². The highest BCUT2D eigenvalue weighted by Crippen LogP contribution is 2.17. The Kier molecular flexibility index (Phi) is 4.31. The van der Waals surface area contributed by atoms with E-state index >= 15 is 0 Å². The number of nitrogens with two attached hydrogens (primary N) is 1. The zero-order valence-electron chi connectivity index (χ0n) is 8.31. The first kappa shape index (κ1) is 11.4. The molecule has 0 spiro atoms. The van der Waals surface area contributed by atoms with Crippen LogP contribution >= 0.6 is 0 Å². The van der Waals surface area contributed by atoms with E-state index in [1.54, 1.807) is 6.92 Å². The number of carbonyl (C=O) groups excluding carboxylic acids is 1. The first-order valence-electron chi connectivity index (χ1n) is 4.88. The molecule has 14 heavy (non-hydrogen) atoms. The molecule has 1 aliphatic rings. The molecule has 1 saturated heterocycles. The van der Waals surface area contributed by atoms with Gasteiger partial charge < -0.3 is 20.3 Å². The second kappa shape index (κ2) is 5.29. The van der Waals surface area contributed by atoms with Crippen LogP contribution < -0.4 is 5.73 Å². The normalized spacial score (nSPS) is 25.8. The topological polar surface area (TPSA) is 81.8 Å². The van der Waals surface area contributed by atoms with Gasteiger partial charge in [-0.25, -0.2) is 0 Å². The first-order chi connectivity index (χ1) is 6.66. The lowest BCUT2D eigenvalue weighted by Gasteiger charge is -2.22. The van der Waals surface area contributed by atoms with E-state index in [1.165, 1.54) is 0 Å². The molecule has 0 radical (unpaired) electrons. The molecule has 1 rings (SSSR count). The van der Waals surface area contributed by atoms with E-state index < -0.39 is 18.1 Å². The fraction of sp³-hybridized carbons (Fsp3) is 0.889. The van der Waals surface area contributed by atoms with Crippen LogP contribution in [0.2, 0.25) is 0 Å². The highest BCUT2D eigenvalue weighted by atomic mass is 16.5. The maximum atomic E-state index is 11.2. The third-order valence-electron chi connectivity index (χ3n) is 2.27. The van der Waals surface area contributed by atoms with Gasteiger partial charge in [0.1, 0.15) is 12.1 Å². The number of ether oxygens (including phenoxy) is 2. The Hall–Kier alpha value is -0.650. The van der Waals surface area contributed by atoms with Crippen LogP contribution in [0, 0.1) is 0 Å². The van der Waals surface area contributed by atoms with Crippen LogP contribution in [0.3, 0.4) is 0 Å². The molecule has 82 valence electrons. The molecule has 5 nitrogen and oxygen atoms in total. The fourth-order valence-corrected chi connectivity index (χ4v) is 1.48. The van der Waals surface area contributed by atoms with E-state index in [-0.39, 0.29) is 12.7 Å². The smallest absolute Gasteiger partial charge is 0.325 e. The van der Waals surface area contributed by atoms with E-state index in [0.29, 0.717) is 6.61 Å². The monoisotopic (exact) mass is 203 g/mol. The van der Waals surface area contributed by atoms with Crippen molar-refractivity contribution in [2.75, 3.05) is 13.2 Å². The summed E-state index contributed by atoms with van der Waals surface area (Å²) < 4.78 is 9.93.